The lowest BCUT2D eigenvalue weighted by Gasteiger charge is -2.45. The number of aromatic nitrogens is 1. The average molecular weight is 883 g/mol. The van der Waals surface area contributed by atoms with Crippen LogP contribution in [0.1, 0.15) is 62.5 Å². The van der Waals surface area contributed by atoms with Gasteiger partial charge in [0, 0.05) is 53.5 Å². The molecule has 0 saturated heterocycles. The van der Waals surface area contributed by atoms with E-state index in [1.807, 2.05) is 143 Å². The highest BCUT2D eigenvalue weighted by Crippen LogP contribution is 2.44. The van der Waals surface area contributed by atoms with Gasteiger partial charge in [0.25, 0.3) is 14.2 Å². The molecule has 6 aromatic rings. The molecule has 13 heteroatoms. The molecule has 1 amide bonds. The molecule has 7 nitrogen and oxygen atoms in total. The lowest BCUT2D eigenvalue weighted by Crippen LogP contribution is -2.67. The zero-order chi connectivity index (χ0) is 44.8. The molecule has 0 radical (unpaired) electrons. The molecule has 0 bridgehead atoms. The second-order valence-corrected chi connectivity index (χ2v) is 21.7. The van der Waals surface area contributed by atoms with Crippen LogP contribution in [0, 0.1) is 11.6 Å². The molecule has 1 aliphatic rings. The normalized spacial score (nSPS) is 15.9. The van der Waals surface area contributed by atoms with Crippen molar-refractivity contribution in [3.63, 3.8) is 0 Å². The monoisotopic (exact) mass is 882 g/mol. The van der Waals surface area contributed by atoms with Gasteiger partial charge in [-0.2, -0.15) is 0 Å². The van der Waals surface area contributed by atoms with Gasteiger partial charge >= 0.3 is 6.09 Å². The summed E-state index contributed by atoms with van der Waals surface area (Å²) < 4.78 is 92.5. The Kier molecular flexibility index (Phi) is 14.1. The molecular weight excluding hydrogens is 828 g/mol. The molecule has 0 spiro atoms. The smallest absolute Gasteiger partial charge is 0.410 e. The summed E-state index contributed by atoms with van der Waals surface area (Å²) in [6, 6.07) is 36.2. The first-order valence-electron chi connectivity index (χ1n) is 21.4. The molecule has 7 rings (SSSR count). The Morgan fingerprint density at radius 1 is 0.857 bits per heavy atom. The van der Waals surface area contributed by atoms with Gasteiger partial charge in [-0.3, -0.25) is 9.29 Å². The molecule has 0 aliphatic carbocycles. The summed E-state index contributed by atoms with van der Waals surface area (Å²) in [7, 11) is -3.35. The number of para-hydroxylation sites is 1. The van der Waals surface area contributed by atoms with Gasteiger partial charge in [0.1, 0.15) is 18.2 Å². The highest BCUT2D eigenvalue weighted by atomic mass is 28.4. The maximum atomic E-state index is 16.9. The predicted octanol–water partition coefficient (Wildman–Crippen LogP) is 10.4. The summed E-state index contributed by atoms with van der Waals surface area (Å²) in [6.45, 7) is 5.74. The molecule has 1 aromatic heterocycles. The van der Waals surface area contributed by atoms with E-state index >= 15 is 17.6 Å². The number of ether oxygens (including phenoxy) is 1. The van der Waals surface area contributed by atoms with E-state index in [2.05, 4.69) is 10.3 Å². The molecule has 2 heterocycles. The molecule has 332 valence electrons. The lowest BCUT2D eigenvalue weighted by molar-refractivity contribution is -0.0825. The number of hydrogen-bond acceptors (Lipinski definition) is 5. The number of carbonyl (C=O) groups is 1. The van der Waals surface area contributed by atoms with E-state index in [1.54, 1.807) is 0 Å². The van der Waals surface area contributed by atoms with Crippen molar-refractivity contribution in [2.75, 3.05) is 44.8 Å². The topological polar surface area (TPSA) is 69.8 Å². The number of alkyl halides is 3. The fourth-order valence-corrected chi connectivity index (χ4v) is 13.6. The van der Waals surface area contributed by atoms with E-state index in [4.69, 9.17) is 9.16 Å². The van der Waals surface area contributed by atoms with Crippen molar-refractivity contribution in [2.45, 2.75) is 70.2 Å². The molecule has 0 saturated carbocycles. The van der Waals surface area contributed by atoms with Crippen LogP contribution >= 0.6 is 0 Å². The highest BCUT2D eigenvalue weighted by Gasteiger charge is 2.52. The van der Waals surface area contributed by atoms with E-state index in [1.165, 1.54) is 9.80 Å². The first kappa shape index (κ1) is 45.5. The van der Waals surface area contributed by atoms with Crippen LogP contribution in [0.4, 0.5) is 32.4 Å². The Hall–Kier alpha value is -5.50. The summed E-state index contributed by atoms with van der Waals surface area (Å²) in [6.07, 6.45) is -0.178. The van der Waals surface area contributed by atoms with Gasteiger partial charge < -0.3 is 24.4 Å². The molecule has 5 aromatic carbocycles. The van der Waals surface area contributed by atoms with Gasteiger partial charge in [0.15, 0.2) is 0 Å². The third kappa shape index (κ3) is 10.0. The summed E-state index contributed by atoms with van der Waals surface area (Å²) in [5.74, 6) is -5.29. The van der Waals surface area contributed by atoms with E-state index in [9.17, 15) is 9.18 Å². The number of aromatic amines is 1. The third-order valence-electron chi connectivity index (χ3n) is 11.9. The van der Waals surface area contributed by atoms with Gasteiger partial charge in [-0.1, -0.05) is 130 Å². The number of carbonyl (C=O) groups excluding carboxylic acids is 1. The molecule has 0 unspecified atom stereocenters. The van der Waals surface area contributed by atoms with Gasteiger partial charge in [-0.05, 0) is 64.5 Å². The van der Waals surface area contributed by atoms with Gasteiger partial charge in [-0.15, -0.1) is 0 Å². The van der Waals surface area contributed by atoms with E-state index in [-0.39, 0.29) is 43.9 Å². The maximum Gasteiger partial charge on any atom is 0.410 e. The van der Waals surface area contributed by atoms with Gasteiger partial charge in [0.05, 0.1) is 25.9 Å². The van der Waals surface area contributed by atoms with Gasteiger partial charge in [0.2, 0.25) is 0 Å². The summed E-state index contributed by atoms with van der Waals surface area (Å²) in [5.41, 5.74) is 2.53. The van der Waals surface area contributed by atoms with Crippen molar-refractivity contribution < 1.29 is 35.9 Å². The third-order valence-corrected chi connectivity index (χ3v) is 16.9. The summed E-state index contributed by atoms with van der Waals surface area (Å²) in [5, 5.41) is 5.02. The number of halogens is 5. The fraction of sp³-hybridized carbons (Fsp3) is 0.340. The molecule has 63 heavy (non-hydrogen) atoms. The maximum absolute atomic E-state index is 16.9. The number of benzene rings is 5. The number of nitrogens with zero attached hydrogens (tertiary/aromatic N) is 2. The minimum absolute atomic E-state index is 0.0335. The van der Waals surface area contributed by atoms with Crippen LogP contribution in [-0.4, -0.2) is 80.6 Å². The number of amides is 1. The number of rotatable bonds is 17. The van der Waals surface area contributed by atoms with Crippen LogP contribution in [0.15, 0.2) is 127 Å². The van der Waals surface area contributed by atoms with Crippen LogP contribution in [0.3, 0.4) is 0 Å². The van der Waals surface area contributed by atoms with Crippen LogP contribution in [-0.2, 0) is 22.2 Å². The van der Waals surface area contributed by atoms with E-state index in [0.717, 1.165) is 44.5 Å². The Morgan fingerprint density at radius 3 is 2.05 bits per heavy atom. The zero-order valence-corrected chi connectivity index (χ0v) is 37.2. The van der Waals surface area contributed by atoms with Crippen LogP contribution in [0.5, 0.6) is 0 Å². The zero-order valence-electron chi connectivity index (χ0n) is 36.2. The standard InChI is InChI=1S/C50H55F5N4O3Si/c1-35-29-41-40-23-14-15-24-44(40)57-46(41)47(59(35)33-50(54,55)34-62-63(49(2,3)4,38-19-10-6-11-20-38)39-21-12-7-13-22-39)45-42(52)30-37(31-43(45)53)56-26-28-58(27-16-25-51)48(60)61-32-36-17-8-5-9-18-36/h5-15,17-24,30-31,35,47,56-57H,16,25-29,32-34H2,1-4H3/t35-,47-/m1/s1. The Bertz CT molecular complexity index is 2390. The van der Waals surface area contributed by atoms with Crippen molar-refractivity contribution in [3.8, 4) is 0 Å². The highest BCUT2D eigenvalue weighted by molar-refractivity contribution is 6.99. The number of hydrogen-bond donors (Lipinski definition) is 2. The number of anilines is 1. The summed E-state index contributed by atoms with van der Waals surface area (Å²) >= 11 is 0. The minimum Gasteiger partial charge on any atom is -0.445 e. The predicted molar refractivity (Wildman–Crippen MR) is 242 cm³/mol. The number of fused-ring (bicyclic) bond motifs is 3. The van der Waals surface area contributed by atoms with E-state index < -0.39 is 68.9 Å². The average Bonchev–Trinajstić information content (AvgIpc) is 3.63. The van der Waals surface area contributed by atoms with Crippen LogP contribution in [0.2, 0.25) is 5.04 Å². The quantitative estimate of drug-likeness (QED) is 0.0706. The number of nitrogens with one attached hydrogen (secondary N) is 2. The second-order valence-electron chi connectivity index (χ2n) is 17.3. The van der Waals surface area contributed by atoms with Crippen LogP contribution < -0.4 is 15.7 Å². The first-order valence-corrected chi connectivity index (χ1v) is 23.4. The van der Waals surface area contributed by atoms with Gasteiger partial charge in [-0.25, -0.2) is 22.4 Å². The van der Waals surface area contributed by atoms with Crippen molar-refractivity contribution in [2.24, 2.45) is 0 Å². The Morgan fingerprint density at radius 2 is 1.44 bits per heavy atom. The fourth-order valence-electron chi connectivity index (χ4n) is 8.99. The second kappa shape index (κ2) is 19.5. The van der Waals surface area contributed by atoms with Crippen LogP contribution in [0.25, 0.3) is 10.9 Å². The molecule has 2 N–H and O–H groups in total. The SMILES string of the molecule is C[C@@H]1Cc2c([nH]c3ccccc23)[C@@H](c2c(F)cc(NCCN(CCCF)C(=O)OCc3ccccc3)cc2F)N1CC(F)(F)CO[Si](c1ccccc1)(c1ccccc1)C(C)(C)C. The Balaban J connectivity index is 1.16. The van der Waals surface area contributed by atoms with Crippen molar-refractivity contribution >= 4 is 41.4 Å². The molecule has 0 fully saturated rings. The molecular formula is C50H55F5N4O3Si. The van der Waals surface area contributed by atoms with Crippen molar-refractivity contribution in [1.82, 2.24) is 14.8 Å². The Labute approximate surface area is 367 Å². The summed E-state index contributed by atoms with van der Waals surface area (Å²) in [4.78, 5) is 19.1. The number of H-pyrrole nitrogens is 1. The molecule has 1 aliphatic heterocycles. The lowest BCUT2D eigenvalue weighted by atomic mass is 9.87. The minimum atomic E-state index is -3.45. The van der Waals surface area contributed by atoms with Crippen molar-refractivity contribution in [1.29, 1.82) is 0 Å². The molecule has 2 atom stereocenters. The van der Waals surface area contributed by atoms with Crippen molar-refractivity contribution in [3.05, 3.63) is 161 Å². The first-order chi connectivity index (χ1) is 30.2. The van der Waals surface area contributed by atoms with E-state index in [0.29, 0.717) is 12.1 Å². The largest absolute Gasteiger partial charge is 0.445 e.